The van der Waals surface area contributed by atoms with Gasteiger partial charge < -0.3 is 9.84 Å². The second-order valence-corrected chi connectivity index (χ2v) is 6.47. The van der Waals surface area contributed by atoms with Crippen LogP contribution in [0.2, 0.25) is 0 Å². The lowest BCUT2D eigenvalue weighted by molar-refractivity contribution is 0.0225. The van der Waals surface area contributed by atoms with Gasteiger partial charge in [-0.25, -0.2) is 0 Å². The Bertz CT molecular complexity index is 392. The maximum atomic E-state index is 10.2. The smallest absolute Gasteiger partial charge is 0.126 e. The van der Waals surface area contributed by atoms with Gasteiger partial charge in [-0.3, -0.25) is 0 Å². The molecule has 0 aromatic heterocycles. The number of halogens is 2. The second-order valence-electron chi connectivity index (χ2n) is 4.23. The van der Waals surface area contributed by atoms with Gasteiger partial charge >= 0.3 is 0 Å². The first-order valence-electron chi connectivity index (χ1n) is 4.72. The Hall–Kier alpha value is 0.190. The zero-order valence-corrected chi connectivity index (χ0v) is 12.2. The summed E-state index contributed by atoms with van der Waals surface area (Å²) >= 11 is 5.72. The van der Waals surface area contributed by atoms with E-state index in [9.17, 15) is 5.11 Å². The maximum Gasteiger partial charge on any atom is 0.126 e. The largest absolute Gasteiger partial charge is 0.486 e. The number of ether oxygens (including phenoxy) is 1. The third-order valence-corrected chi connectivity index (χ3v) is 4.88. The van der Waals surface area contributed by atoms with Crippen molar-refractivity contribution in [3.63, 3.8) is 0 Å². The molecule has 0 spiro atoms. The maximum absolute atomic E-state index is 10.2. The predicted molar refractivity (Wildman–Crippen MR) is 71.5 cm³/mol. The number of alkyl halides is 1. The highest BCUT2D eigenvalue weighted by Crippen LogP contribution is 2.43. The Morgan fingerprint density at radius 1 is 1.47 bits per heavy atom. The second kappa shape index (κ2) is 3.89. The van der Waals surface area contributed by atoms with Gasteiger partial charge in [0.05, 0.1) is 10.9 Å². The molecule has 1 heterocycles. The molecule has 1 aromatic rings. The van der Waals surface area contributed by atoms with Crippen molar-refractivity contribution in [3.05, 3.63) is 27.3 Å². The Balaban J connectivity index is 2.50. The van der Waals surface area contributed by atoms with E-state index in [0.717, 1.165) is 14.9 Å². The number of rotatable bonds is 0. The summed E-state index contributed by atoms with van der Waals surface area (Å²) in [5, 5.41) is 10.2. The summed E-state index contributed by atoms with van der Waals surface area (Å²) in [7, 11) is 0. The molecule has 0 fully saturated rings. The third kappa shape index (κ3) is 2.03. The monoisotopic (exact) mass is 382 g/mol. The van der Waals surface area contributed by atoms with Gasteiger partial charge in [-0.2, -0.15) is 0 Å². The van der Waals surface area contributed by atoms with Gasteiger partial charge in [0.2, 0.25) is 0 Å². The van der Waals surface area contributed by atoms with Crippen LogP contribution in [-0.2, 0) is 0 Å². The minimum Gasteiger partial charge on any atom is -0.486 e. The van der Waals surface area contributed by atoms with Gasteiger partial charge in [0, 0.05) is 9.13 Å². The number of hydrogen-bond donors (Lipinski definition) is 1. The summed E-state index contributed by atoms with van der Waals surface area (Å²) in [5.41, 5.74) is 0.474. The van der Waals surface area contributed by atoms with Crippen LogP contribution in [0.1, 0.15) is 25.5 Å². The van der Waals surface area contributed by atoms with Crippen molar-refractivity contribution >= 4 is 38.5 Å². The minimum absolute atomic E-state index is 0.0873. The van der Waals surface area contributed by atoms with E-state index >= 15 is 0 Å². The number of hydrogen-bond acceptors (Lipinski definition) is 2. The molecule has 4 heteroatoms. The quantitative estimate of drug-likeness (QED) is 0.551. The average molecular weight is 383 g/mol. The van der Waals surface area contributed by atoms with E-state index in [1.165, 1.54) is 0 Å². The van der Waals surface area contributed by atoms with Crippen LogP contribution < -0.4 is 4.74 Å². The first-order valence-corrected chi connectivity index (χ1v) is 6.72. The van der Waals surface area contributed by atoms with Crippen LogP contribution in [0, 0.1) is 3.57 Å². The normalized spacial score (nSPS) is 28.1. The van der Waals surface area contributed by atoms with Crippen LogP contribution in [0.3, 0.4) is 0 Å². The Kier molecular flexibility index (Phi) is 3.03. The zero-order chi connectivity index (χ0) is 11.2. The lowest BCUT2D eigenvalue weighted by Gasteiger charge is -2.40. The molecule has 15 heavy (non-hydrogen) atoms. The molecule has 0 saturated carbocycles. The van der Waals surface area contributed by atoms with Crippen molar-refractivity contribution in [2.45, 2.75) is 30.4 Å². The standard InChI is InChI=1S/C11H12BrIO2/c1-11(2)10(12)9(14)7-5-6(13)3-4-8(7)15-11/h3-5,9-10,14H,1-2H3/t9-,10+/m0/s1. The fraction of sp³-hybridized carbons (Fsp3) is 0.455. The fourth-order valence-corrected chi connectivity index (χ4v) is 2.61. The SMILES string of the molecule is CC1(C)Oc2ccc(I)cc2[C@H](O)[C@H]1Br. The van der Waals surface area contributed by atoms with Crippen molar-refractivity contribution in [2.24, 2.45) is 0 Å². The van der Waals surface area contributed by atoms with Crippen molar-refractivity contribution < 1.29 is 9.84 Å². The first-order chi connectivity index (χ1) is 6.92. The first kappa shape index (κ1) is 11.7. The molecule has 2 nitrogen and oxygen atoms in total. The molecule has 2 atom stereocenters. The van der Waals surface area contributed by atoms with Crippen LogP contribution in [0.25, 0.3) is 0 Å². The summed E-state index contributed by atoms with van der Waals surface area (Å²) in [6.07, 6.45) is -0.515. The third-order valence-electron chi connectivity index (χ3n) is 2.60. The lowest BCUT2D eigenvalue weighted by atomic mass is 9.92. The van der Waals surface area contributed by atoms with E-state index in [4.69, 9.17) is 4.74 Å². The predicted octanol–water partition coefficient (Wildman–Crippen LogP) is 3.26. The highest BCUT2D eigenvalue weighted by atomic mass is 127. The van der Waals surface area contributed by atoms with Crippen LogP contribution in [0.5, 0.6) is 5.75 Å². The highest BCUT2D eigenvalue weighted by Gasteiger charge is 2.41. The van der Waals surface area contributed by atoms with Gasteiger partial charge in [0.1, 0.15) is 11.4 Å². The van der Waals surface area contributed by atoms with E-state index < -0.39 is 6.10 Å². The van der Waals surface area contributed by atoms with E-state index in [-0.39, 0.29) is 10.4 Å². The molecular formula is C11H12BrIO2. The van der Waals surface area contributed by atoms with Crippen LogP contribution >= 0.6 is 38.5 Å². The summed E-state index contributed by atoms with van der Waals surface area (Å²) in [6.45, 7) is 3.94. The molecule has 2 rings (SSSR count). The van der Waals surface area contributed by atoms with E-state index in [2.05, 4.69) is 38.5 Å². The van der Waals surface area contributed by atoms with Crippen molar-refractivity contribution in [2.75, 3.05) is 0 Å². The van der Waals surface area contributed by atoms with Crippen molar-refractivity contribution in [1.82, 2.24) is 0 Å². The van der Waals surface area contributed by atoms with Gasteiger partial charge in [-0.1, -0.05) is 15.9 Å². The molecule has 1 aromatic carbocycles. The van der Waals surface area contributed by atoms with Crippen molar-refractivity contribution in [1.29, 1.82) is 0 Å². The molecule has 0 amide bonds. The molecule has 0 saturated heterocycles. The van der Waals surface area contributed by atoms with Crippen molar-refractivity contribution in [3.8, 4) is 5.75 Å². The summed E-state index contributed by atoms with van der Waals surface area (Å²) in [5.74, 6) is 0.781. The number of aliphatic hydroxyl groups is 1. The molecule has 0 radical (unpaired) electrons. The van der Waals surface area contributed by atoms with Gasteiger partial charge in [-0.15, -0.1) is 0 Å². The number of aliphatic hydroxyl groups excluding tert-OH is 1. The Morgan fingerprint density at radius 2 is 2.13 bits per heavy atom. The van der Waals surface area contributed by atoms with E-state index in [0.29, 0.717) is 0 Å². The van der Waals surface area contributed by atoms with Crippen LogP contribution in [0.4, 0.5) is 0 Å². The number of benzene rings is 1. The number of fused-ring (bicyclic) bond motifs is 1. The summed E-state index contributed by atoms with van der Waals surface area (Å²) in [4.78, 5) is -0.0873. The fourth-order valence-electron chi connectivity index (χ4n) is 1.72. The van der Waals surface area contributed by atoms with Gasteiger partial charge in [0.15, 0.2) is 0 Å². The topological polar surface area (TPSA) is 29.5 Å². The average Bonchev–Trinajstić information content (AvgIpc) is 2.16. The van der Waals surface area contributed by atoms with Crippen LogP contribution in [-0.4, -0.2) is 15.5 Å². The molecule has 1 aliphatic heterocycles. The molecule has 1 aliphatic rings. The zero-order valence-electron chi connectivity index (χ0n) is 8.50. The minimum atomic E-state index is -0.515. The summed E-state index contributed by atoms with van der Waals surface area (Å²) < 4.78 is 6.95. The molecule has 0 bridgehead atoms. The van der Waals surface area contributed by atoms with Crippen LogP contribution in [0.15, 0.2) is 18.2 Å². The summed E-state index contributed by atoms with van der Waals surface area (Å²) in [6, 6.07) is 5.86. The van der Waals surface area contributed by atoms with Gasteiger partial charge in [0.25, 0.3) is 0 Å². The van der Waals surface area contributed by atoms with E-state index in [1.807, 2.05) is 32.0 Å². The Morgan fingerprint density at radius 3 is 2.80 bits per heavy atom. The van der Waals surface area contributed by atoms with E-state index in [1.54, 1.807) is 0 Å². The molecule has 0 unspecified atom stereocenters. The highest BCUT2D eigenvalue weighted by molar-refractivity contribution is 14.1. The molecular weight excluding hydrogens is 371 g/mol. The van der Waals surface area contributed by atoms with Gasteiger partial charge in [-0.05, 0) is 54.6 Å². The Labute approximate surface area is 111 Å². The molecule has 82 valence electrons. The molecule has 0 aliphatic carbocycles. The molecule has 1 N–H and O–H groups in total. The lowest BCUT2D eigenvalue weighted by Crippen LogP contribution is -2.45.